The molecule has 180 valence electrons. The first-order valence-corrected chi connectivity index (χ1v) is 11.8. The van der Waals surface area contributed by atoms with Crippen molar-refractivity contribution in [2.24, 2.45) is 0 Å². The summed E-state index contributed by atoms with van der Waals surface area (Å²) in [6.45, 7) is 8.90. The number of ether oxygens (including phenoxy) is 4. The van der Waals surface area contributed by atoms with Crippen LogP contribution in [0.5, 0.6) is 0 Å². The third-order valence-corrected chi connectivity index (χ3v) is 6.54. The summed E-state index contributed by atoms with van der Waals surface area (Å²) < 4.78 is 22.6. The summed E-state index contributed by atoms with van der Waals surface area (Å²) in [6, 6.07) is 14.0. The Morgan fingerprint density at radius 1 is 0.882 bits per heavy atom. The molecular formula is C26H28O7S. The molecule has 7 nitrogen and oxygen atoms in total. The molecular weight excluding hydrogens is 456 g/mol. The molecule has 1 heterocycles. The van der Waals surface area contributed by atoms with Gasteiger partial charge in [-0.05, 0) is 38.1 Å². The van der Waals surface area contributed by atoms with Crippen LogP contribution in [0.25, 0.3) is 0 Å². The fraction of sp³-hybridized carbons (Fsp3) is 0.346. The monoisotopic (exact) mass is 484 g/mol. The molecule has 1 saturated heterocycles. The number of carbonyl (C=O) groups is 3. The SMILES string of the molecule is C=CCO[C@@H]1C(OC(C)=O)S[C@H](COC(=O)c2ccc(C)cc2)[C@@H]1OC(=O)c1ccc(C)cc1. The number of aryl methyl sites for hydroxylation is 2. The largest absolute Gasteiger partial charge is 0.461 e. The van der Waals surface area contributed by atoms with Gasteiger partial charge in [0, 0.05) is 6.92 Å². The topological polar surface area (TPSA) is 88.1 Å². The van der Waals surface area contributed by atoms with E-state index in [0.717, 1.165) is 11.1 Å². The summed E-state index contributed by atoms with van der Waals surface area (Å²) in [4.78, 5) is 37.1. The molecule has 2 aromatic rings. The number of hydrogen-bond acceptors (Lipinski definition) is 8. The van der Waals surface area contributed by atoms with Gasteiger partial charge in [-0.3, -0.25) is 4.79 Å². The van der Waals surface area contributed by atoms with Gasteiger partial charge in [-0.15, -0.1) is 18.3 Å². The zero-order valence-corrected chi connectivity index (χ0v) is 20.2. The lowest BCUT2D eigenvalue weighted by Crippen LogP contribution is -2.41. The second-order valence-electron chi connectivity index (χ2n) is 7.94. The Morgan fingerprint density at radius 3 is 1.97 bits per heavy atom. The average molecular weight is 485 g/mol. The van der Waals surface area contributed by atoms with Gasteiger partial charge in [0.15, 0.2) is 5.44 Å². The van der Waals surface area contributed by atoms with E-state index in [-0.39, 0.29) is 13.2 Å². The van der Waals surface area contributed by atoms with Crippen LogP contribution >= 0.6 is 11.8 Å². The molecule has 34 heavy (non-hydrogen) atoms. The van der Waals surface area contributed by atoms with E-state index in [1.165, 1.54) is 18.7 Å². The predicted molar refractivity (Wildman–Crippen MR) is 129 cm³/mol. The van der Waals surface area contributed by atoms with Crippen molar-refractivity contribution in [2.75, 3.05) is 13.2 Å². The van der Waals surface area contributed by atoms with E-state index in [1.807, 2.05) is 38.1 Å². The second kappa shape index (κ2) is 11.9. The molecule has 0 aromatic heterocycles. The van der Waals surface area contributed by atoms with Crippen LogP contribution in [0.3, 0.4) is 0 Å². The minimum absolute atomic E-state index is 0.0606. The van der Waals surface area contributed by atoms with Crippen LogP contribution in [0.4, 0.5) is 0 Å². The molecule has 2 aromatic carbocycles. The number of carbonyl (C=O) groups excluding carboxylic acids is 3. The molecule has 0 N–H and O–H groups in total. The van der Waals surface area contributed by atoms with Gasteiger partial charge >= 0.3 is 17.9 Å². The normalized spacial score (nSPS) is 21.5. The summed E-state index contributed by atoms with van der Waals surface area (Å²) in [5.74, 6) is -1.54. The van der Waals surface area contributed by atoms with Crippen molar-refractivity contribution in [1.82, 2.24) is 0 Å². The highest BCUT2D eigenvalue weighted by molar-refractivity contribution is 8.00. The van der Waals surface area contributed by atoms with Crippen LogP contribution in [0.15, 0.2) is 61.2 Å². The van der Waals surface area contributed by atoms with Crippen molar-refractivity contribution >= 4 is 29.7 Å². The number of hydrogen-bond donors (Lipinski definition) is 0. The van der Waals surface area contributed by atoms with E-state index >= 15 is 0 Å². The first-order chi connectivity index (χ1) is 16.3. The number of thioether (sulfide) groups is 1. The first kappa shape index (κ1) is 25.5. The molecule has 4 atom stereocenters. The van der Waals surface area contributed by atoms with Crippen LogP contribution in [-0.4, -0.2) is 54.0 Å². The number of esters is 3. The Hall–Kier alpha value is -3.10. The van der Waals surface area contributed by atoms with Crippen molar-refractivity contribution in [3.8, 4) is 0 Å². The van der Waals surface area contributed by atoms with E-state index in [2.05, 4.69) is 6.58 Å². The third kappa shape index (κ3) is 6.71. The highest BCUT2D eigenvalue weighted by atomic mass is 32.2. The second-order valence-corrected chi connectivity index (χ2v) is 9.28. The molecule has 1 unspecified atom stereocenters. The van der Waals surface area contributed by atoms with E-state index in [9.17, 15) is 14.4 Å². The maximum absolute atomic E-state index is 12.9. The fourth-order valence-corrected chi connectivity index (χ4v) is 4.83. The van der Waals surface area contributed by atoms with Gasteiger partial charge in [0.25, 0.3) is 0 Å². The van der Waals surface area contributed by atoms with Gasteiger partial charge < -0.3 is 18.9 Å². The molecule has 0 saturated carbocycles. The van der Waals surface area contributed by atoms with Gasteiger partial charge in [0.2, 0.25) is 0 Å². The highest BCUT2D eigenvalue weighted by Gasteiger charge is 2.50. The Labute approximate surface area is 203 Å². The quantitative estimate of drug-likeness (QED) is 0.296. The minimum Gasteiger partial charge on any atom is -0.461 e. The van der Waals surface area contributed by atoms with Crippen molar-refractivity contribution < 1.29 is 33.3 Å². The fourth-order valence-electron chi connectivity index (χ4n) is 3.39. The van der Waals surface area contributed by atoms with Crippen LogP contribution in [0.2, 0.25) is 0 Å². The summed E-state index contributed by atoms with van der Waals surface area (Å²) in [5, 5.41) is -0.511. The Morgan fingerprint density at radius 2 is 1.44 bits per heavy atom. The molecule has 0 aliphatic carbocycles. The van der Waals surface area contributed by atoms with Crippen LogP contribution in [-0.2, 0) is 23.7 Å². The Kier molecular flexibility index (Phi) is 8.90. The molecule has 0 bridgehead atoms. The number of rotatable bonds is 9. The van der Waals surface area contributed by atoms with E-state index in [4.69, 9.17) is 18.9 Å². The van der Waals surface area contributed by atoms with E-state index in [1.54, 1.807) is 30.3 Å². The molecule has 1 fully saturated rings. The zero-order valence-electron chi connectivity index (χ0n) is 19.4. The molecule has 0 spiro atoms. The lowest BCUT2D eigenvalue weighted by atomic mass is 10.1. The predicted octanol–water partition coefficient (Wildman–Crippen LogP) is 4.26. The average Bonchev–Trinajstić information content (AvgIpc) is 3.11. The lowest BCUT2D eigenvalue weighted by molar-refractivity contribution is -0.150. The summed E-state index contributed by atoms with van der Waals surface area (Å²) in [6.07, 6.45) is -0.0303. The zero-order chi connectivity index (χ0) is 24.7. The summed E-state index contributed by atoms with van der Waals surface area (Å²) in [5.41, 5.74) is 2.09. The summed E-state index contributed by atoms with van der Waals surface area (Å²) >= 11 is 1.23. The van der Waals surface area contributed by atoms with Crippen molar-refractivity contribution in [3.05, 3.63) is 83.4 Å². The van der Waals surface area contributed by atoms with Crippen molar-refractivity contribution in [3.63, 3.8) is 0 Å². The maximum Gasteiger partial charge on any atom is 0.338 e. The molecule has 0 amide bonds. The lowest BCUT2D eigenvalue weighted by Gasteiger charge is -2.25. The molecule has 1 aliphatic heterocycles. The van der Waals surface area contributed by atoms with Crippen molar-refractivity contribution in [1.29, 1.82) is 0 Å². The third-order valence-electron chi connectivity index (χ3n) is 5.15. The molecule has 8 heteroatoms. The van der Waals surface area contributed by atoms with Gasteiger partial charge in [0.05, 0.1) is 23.0 Å². The molecule has 1 aliphatic rings. The van der Waals surface area contributed by atoms with Gasteiger partial charge in [-0.2, -0.15) is 0 Å². The van der Waals surface area contributed by atoms with Gasteiger partial charge in [-0.1, -0.05) is 41.5 Å². The summed E-state index contributed by atoms with van der Waals surface area (Å²) in [7, 11) is 0. The van der Waals surface area contributed by atoms with Crippen LogP contribution < -0.4 is 0 Å². The Balaban J connectivity index is 1.79. The number of benzene rings is 2. The van der Waals surface area contributed by atoms with Crippen molar-refractivity contribution in [2.45, 2.75) is 43.7 Å². The minimum atomic E-state index is -0.825. The van der Waals surface area contributed by atoms with E-state index in [0.29, 0.717) is 11.1 Å². The smallest absolute Gasteiger partial charge is 0.338 e. The van der Waals surface area contributed by atoms with Crippen LogP contribution in [0, 0.1) is 13.8 Å². The van der Waals surface area contributed by atoms with Gasteiger partial charge in [-0.25, -0.2) is 9.59 Å². The molecule has 0 radical (unpaired) electrons. The standard InChI is InChI=1S/C26H28O7S/c1-5-14-30-23-22(33-25(29)20-12-8-17(3)9-13-20)21(34-26(23)32-18(4)27)15-31-24(28)19-10-6-16(2)7-11-19/h5-13,21-23,26H,1,14-15H2,2-4H3/t21-,22+,23+,26?/m1/s1. The first-order valence-electron chi connectivity index (χ1n) is 10.8. The van der Waals surface area contributed by atoms with Gasteiger partial charge in [0.1, 0.15) is 18.8 Å². The maximum atomic E-state index is 12.9. The highest BCUT2D eigenvalue weighted by Crippen LogP contribution is 2.39. The molecule has 3 rings (SSSR count). The van der Waals surface area contributed by atoms with E-state index < -0.39 is 40.8 Å². The Bertz CT molecular complexity index is 1020. The van der Waals surface area contributed by atoms with Crippen LogP contribution in [0.1, 0.15) is 38.8 Å².